The van der Waals surface area contributed by atoms with E-state index in [4.69, 9.17) is 28.4 Å². The van der Waals surface area contributed by atoms with Gasteiger partial charge in [-0.15, -0.1) is 0 Å². The van der Waals surface area contributed by atoms with E-state index in [0.29, 0.717) is 0 Å². The highest BCUT2D eigenvalue weighted by Crippen LogP contribution is 2.31. The molecule has 0 radical (unpaired) electrons. The molecule has 27 heavy (non-hydrogen) atoms. The van der Waals surface area contributed by atoms with Crippen LogP contribution >= 0.6 is 0 Å². The van der Waals surface area contributed by atoms with Gasteiger partial charge in [0.1, 0.15) is 12.7 Å². The topological polar surface area (TPSA) is 141 Å². The quantitative estimate of drug-likeness (QED) is 0.415. The van der Waals surface area contributed by atoms with Gasteiger partial charge in [0.05, 0.1) is 0 Å². The van der Waals surface area contributed by atoms with Gasteiger partial charge in [-0.1, -0.05) is 0 Å². The van der Waals surface area contributed by atoms with Crippen molar-refractivity contribution in [3.63, 3.8) is 0 Å². The summed E-state index contributed by atoms with van der Waals surface area (Å²) in [4.78, 5) is 56.7. The van der Waals surface area contributed by atoms with E-state index in [-0.39, 0.29) is 0 Å². The van der Waals surface area contributed by atoms with Crippen molar-refractivity contribution in [2.24, 2.45) is 0 Å². The molecular weight excluding hydrogens is 368 g/mol. The third kappa shape index (κ3) is 7.21. The van der Waals surface area contributed by atoms with E-state index in [2.05, 4.69) is 0 Å². The number of esters is 5. The first kappa shape index (κ1) is 22.4. The first-order valence-electron chi connectivity index (χ1n) is 7.99. The van der Waals surface area contributed by atoms with Gasteiger partial charge in [-0.3, -0.25) is 24.0 Å². The van der Waals surface area contributed by atoms with E-state index in [1.807, 2.05) is 0 Å². The monoisotopic (exact) mass is 390 g/mol. The molecule has 0 amide bonds. The molecule has 1 aliphatic heterocycles. The molecule has 11 heteroatoms. The van der Waals surface area contributed by atoms with Gasteiger partial charge < -0.3 is 28.4 Å². The maximum absolute atomic E-state index is 11.5. The SMILES string of the molecule is CC(=O)OCC(OC(C)=O)[C@@H]1O[C@@H](OC(C)=O)[C@H](OC(C)=O)[C@H]1OC(C)=O. The van der Waals surface area contributed by atoms with Crippen LogP contribution in [0.3, 0.4) is 0 Å². The van der Waals surface area contributed by atoms with E-state index in [0.717, 1.165) is 34.6 Å². The van der Waals surface area contributed by atoms with Gasteiger partial charge in [-0.05, 0) is 0 Å². The lowest BCUT2D eigenvalue weighted by Gasteiger charge is -2.27. The molecule has 0 spiro atoms. The van der Waals surface area contributed by atoms with Crippen molar-refractivity contribution in [3.05, 3.63) is 0 Å². The van der Waals surface area contributed by atoms with Crippen molar-refractivity contribution in [1.82, 2.24) is 0 Å². The number of carbonyl (C=O) groups excluding carboxylic acids is 5. The molecule has 152 valence electrons. The van der Waals surface area contributed by atoms with E-state index in [9.17, 15) is 24.0 Å². The molecule has 5 atom stereocenters. The van der Waals surface area contributed by atoms with Crippen LogP contribution in [0.15, 0.2) is 0 Å². The Hall–Kier alpha value is -2.69. The van der Waals surface area contributed by atoms with Crippen LogP contribution in [0, 0.1) is 0 Å². The van der Waals surface area contributed by atoms with Crippen LogP contribution in [0.25, 0.3) is 0 Å². The molecule has 0 aromatic rings. The highest BCUT2D eigenvalue weighted by atomic mass is 16.8. The first-order chi connectivity index (χ1) is 12.5. The van der Waals surface area contributed by atoms with Gasteiger partial charge in [0.2, 0.25) is 12.4 Å². The summed E-state index contributed by atoms with van der Waals surface area (Å²) in [5.41, 5.74) is 0. The van der Waals surface area contributed by atoms with Crippen molar-refractivity contribution >= 4 is 29.8 Å². The van der Waals surface area contributed by atoms with Gasteiger partial charge >= 0.3 is 29.8 Å². The minimum absolute atomic E-state index is 0.420. The van der Waals surface area contributed by atoms with Crippen molar-refractivity contribution in [1.29, 1.82) is 0 Å². The molecule has 0 N–H and O–H groups in total. The molecule has 0 aliphatic carbocycles. The first-order valence-corrected chi connectivity index (χ1v) is 7.99. The van der Waals surface area contributed by atoms with Crippen molar-refractivity contribution < 1.29 is 52.4 Å². The molecular formula is C16H22O11. The molecule has 11 nitrogen and oxygen atoms in total. The predicted octanol–water partition coefficient (Wildman–Crippen LogP) is -0.367. The van der Waals surface area contributed by atoms with Gasteiger partial charge in [-0.2, -0.15) is 0 Å². The zero-order chi connectivity index (χ0) is 20.7. The zero-order valence-electron chi connectivity index (χ0n) is 15.6. The molecule has 0 aromatic carbocycles. The van der Waals surface area contributed by atoms with E-state index < -0.39 is 67.2 Å². The third-order valence-corrected chi connectivity index (χ3v) is 3.23. The molecule has 1 fully saturated rings. The second-order valence-electron chi connectivity index (χ2n) is 5.68. The normalized spacial score (nSPS) is 25.1. The van der Waals surface area contributed by atoms with Crippen molar-refractivity contribution in [2.75, 3.05) is 6.61 Å². The smallest absolute Gasteiger partial charge is 0.305 e. The molecule has 1 unspecified atom stereocenters. The second-order valence-corrected chi connectivity index (χ2v) is 5.68. The Morgan fingerprint density at radius 1 is 0.741 bits per heavy atom. The average molecular weight is 390 g/mol. The van der Waals surface area contributed by atoms with Crippen LogP contribution in [-0.2, 0) is 52.4 Å². The number of hydrogen-bond acceptors (Lipinski definition) is 11. The summed E-state index contributed by atoms with van der Waals surface area (Å²) < 4.78 is 30.7. The highest BCUT2D eigenvalue weighted by Gasteiger charge is 2.55. The summed E-state index contributed by atoms with van der Waals surface area (Å²) in [6, 6.07) is 0. The largest absolute Gasteiger partial charge is 0.462 e. The van der Waals surface area contributed by atoms with Crippen molar-refractivity contribution in [3.8, 4) is 0 Å². The van der Waals surface area contributed by atoms with Crippen LogP contribution in [0.2, 0.25) is 0 Å². The second kappa shape index (κ2) is 9.86. The maximum Gasteiger partial charge on any atom is 0.305 e. The van der Waals surface area contributed by atoms with Gasteiger partial charge in [-0.25, -0.2) is 0 Å². The van der Waals surface area contributed by atoms with Crippen LogP contribution in [0.1, 0.15) is 34.6 Å². The summed E-state index contributed by atoms with van der Waals surface area (Å²) in [6.07, 6.45) is -6.46. The number of rotatable bonds is 7. The molecule has 0 bridgehead atoms. The molecule has 1 saturated heterocycles. The Bertz CT molecular complexity index is 599. The molecule has 0 saturated carbocycles. The van der Waals surface area contributed by atoms with Crippen LogP contribution in [0.4, 0.5) is 0 Å². The fourth-order valence-corrected chi connectivity index (χ4v) is 2.46. The van der Waals surface area contributed by atoms with Gasteiger partial charge in [0, 0.05) is 34.6 Å². The Balaban J connectivity index is 3.20. The van der Waals surface area contributed by atoms with Crippen LogP contribution in [0.5, 0.6) is 0 Å². The minimum Gasteiger partial charge on any atom is -0.462 e. The van der Waals surface area contributed by atoms with Gasteiger partial charge in [0.25, 0.3) is 0 Å². The van der Waals surface area contributed by atoms with E-state index in [1.165, 1.54) is 0 Å². The lowest BCUT2D eigenvalue weighted by molar-refractivity contribution is -0.203. The summed E-state index contributed by atoms with van der Waals surface area (Å²) >= 11 is 0. The van der Waals surface area contributed by atoms with Crippen LogP contribution in [-0.4, -0.2) is 67.2 Å². The highest BCUT2D eigenvalue weighted by molar-refractivity contribution is 5.69. The Morgan fingerprint density at radius 3 is 1.70 bits per heavy atom. The van der Waals surface area contributed by atoms with Gasteiger partial charge in [0.15, 0.2) is 12.2 Å². The number of carbonyl (C=O) groups is 5. The predicted molar refractivity (Wildman–Crippen MR) is 83.7 cm³/mol. The molecule has 1 aliphatic rings. The summed E-state index contributed by atoms with van der Waals surface area (Å²) in [5, 5.41) is 0. The summed E-state index contributed by atoms with van der Waals surface area (Å²) in [5.74, 6) is -3.62. The van der Waals surface area contributed by atoms with Crippen LogP contribution < -0.4 is 0 Å². The Kier molecular flexibility index (Phi) is 8.16. The number of hydrogen-bond donors (Lipinski definition) is 0. The fourth-order valence-electron chi connectivity index (χ4n) is 2.46. The Morgan fingerprint density at radius 2 is 1.26 bits per heavy atom. The third-order valence-electron chi connectivity index (χ3n) is 3.23. The Labute approximate surface area is 155 Å². The average Bonchev–Trinajstić information content (AvgIpc) is 2.79. The fraction of sp³-hybridized carbons (Fsp3) is 0.688. The number of ether oxygens (including phenoxy) is 6. The summed E-state index contributed by atoms with van der Waals surface area (Å²) in [7, 11) is 0. The molecule has 1 rings (SSSR count). The zero-order valence-corrected chi connectivity index (χ0v) is 15.6. The van der Waals surface area contributed by atoms with Crippen molar-refractivity contribution in [2.45, 2.75) is 65.3 Å². The van der Waals surface area contributed by atoms with E-state index in [1.54, 1.807) is 0 Å². The molecule has 1 heterocycles. The lowest BCUT2D eigenvalue weighted by atomic mass is 10.1. The van der Waals surface area contributed by atoms with E-state index >= 15 is 0 Å². The summed E-state index contributed by atoms with van der Waals surface area (Å²) in [6.45, 7) is 5.15. The minimum atomic E-state index is -1.42. The lowest BCUT2D eigenvalue weighted by Crippen LogP contribution is -2.46. The maximum atomic E-state index is 11.5. The molecule has 0 aromatic heterocycles. The standard InChI is InChI=1S/C16H22O11/c1-7(17)22-6-12(23-8(2)18)13-14(24-9(3)19)15(25-10(4)20)16(27-13)26-11(5)21/h12-16H,6H2,1-5H3/t12?,13-,14-,15+,16+/m0/s1.